The van der Waals surface area contributed by atoms with Gasteiger partial charge in [0.25, 0.3) is 0 Å². The average Bonchev–Trinajstić information content (AvgIpc) is 3.25. The quantitative estimate of drug-likeness (QED) is 0.526. The number of anilines is 1. The van der Waals surface area contributed by atoms with Crippen LogP contribution in [0.25, 0.3) is 0 Å². The maximum absolute atomic E-state index is 13.2. The van der Waals surface area contributed by atoms with E-state index in [-0.39, 0.29) is 17.9 Å². The Kier molecular flexibility index (Phi) is 8.81. The molecule has 2 aliphatic rings. The van der Waals surface area contributed by atoms with Crippen molar-refractivity contribution >= 4 is 28.2 Å². The van der Waals surface area contributed by atoms with E-state index in [2.05, 4.69) is 27.2 Å². The molecule has 0 radical (unpaired) electrons. The molecule has 1 atom stereocenters. The van der Waals surface area contributed by atoms with E-state index in [1.165, 1.54) is 10.4 Å². The maximum atomic E-state index is 13.2. The highest BCUT2D eigenvalue weighted by molar-refractivity contribution is 7.17. The lowest BCUT2D eigenvalue weighted by Crippen LogP contribution is -2.53. The third-order valence-corrected chi connectivity index (χ3v) is 8.30. The second kappa shape index (κ2) is 12.0. The summed E-state index contributed by atoms with van der Waals surface area (Å²) in [6.45, 7) is 8.68. The number of benzene rings is 1. The monoisotopic (exact) mass is 499 g/mol. The van der Waals surface area contributed by atoms with Crippen LogP contribution in [0.3, 0.4) is 0 Å². The highest BCUT2D eigenvalue weighted by Gasteiger charge is 2.30. The van der Waals surface area contributed by atoms with Crippen molar-refractivity contribution in [3.63, 3.8) is 0 Å². The lowest BCUT2D eigenvalue weighted by atomic mass is 9.95. The second-order valence-corrected chi connectivity index (χ2v) is 10.4. The van der Waals surface area contributed by atoms with Gasteiger partial charge in [-0.1, -0.05) is 12.1 Å². The summed E-state index contributed by atoms with van der Waals surface area (Å²) in [5.41, 5.74) is 2.96. The zero-order chi connectivity index (χ0) is 24.8. The first-order valence-corrected chi connectivity index (χ1v) is 13.5. The minimum absolute atomic E-state index is 0.0548. The number of carbonyl (C=O) groups excluding carboxylic acids is 2. The fourth-order valence-electron chi connectivity index (χ4n) is 4.91. The Morgan fingerprint density at radius 1 is 1.09 bits per heavy atom. The number of carbonyl (C=O) groups is 2. The fraction of sp³-hybridized carbons (Fsp3) is 0.556. The second-order valence-electron chi connectivity index (χ2n) is 9.28. The Bertz CT molecular complexity index is 1010. The van der Waals surface area contributed by atoms with Gasteiger partial charge in [-0.05, 0) is 69.2 Å². The van der Waals surface area contributed by atoms with Gasteiger partial charge in [-0.3, -0.25) is 9.69 Å². The number of aryl methyl sites for hydroxylation is 1. The molecule has 4 rings (SSSR count). The molecular weight excluding hydrogens is 462 g/mol. The van der Waals surface area contributed by atoms with Crippen molar-refractivity contribution in [3.8, 4) is 5.75 Å². The third kappa shape index (κ3) is 6.23. The molecule has 1 N–H and O–H groups in total. The summed E-state index contributed by atoms with van der Waals surface area (Å²) in [7, 11) is 1.68. The standard InChI is InChI=1S/C27H37N3O4S/c1-4-34-27(32)24-22-7-5-6-8-23(22)35-26(24)28-25(31)19(2)30-17-15-29(16-18-30)14-13-20-9-11-21(33-3)12-10-20/h9-12,19H,4-8,13-18H2,1-3H3,(H,28,31). The van der Waals surface area contributed by atoms with Gasteiger partial charge >= 0.3 is 5.97 Å². The van der Waals surface area contributed by atoms with Crippen molar-refractivity contribution in [1.82, 2.24) is 9.80 Å². The van der Waals surface area contributed by atoms with Crippen LogP contribution in [0, 0.1) is 0 Å². The van der Waals surface area contributed by atoms with E-state index in [1.807, 2.05) is 26.0 Å². The molecule has 1 aromatic carbocycles. The van der Waals surface area contributed by atoms with Crippen LogP contribution < -0.4 is 10.1 Å². The van der Waals surface area contributed by atoms with Gasteiger partial charge in [-0.25, -0.2) is 4.79 Å². The molecule has 0 saturated carbocycles. The number of nitrogens with zero attached hydrogens (tertiary/aromatic N) is 2. The van der Waals surface area contributed by atoms with Crippen LogP contribution in [-0.2, 0) is 28.8 Å². The number of methoxy groups -OCH3 is 1. The zero-order valence-electron chi connectivity index (χ0n) is 21.1. The number of hydrogen-bond donors (Lipinski definition) is 1. The van der Waals surface area contributed by atoms with Crippen molar-refractivity contribution in [2.24, 2.45) is 0 Å². The minimum Gasteiger partial charge on any atom is -0.497 e. The smallest absolute Gasteiger partial charge is 0.341 e. The first-order chi connectivity index (χ1) is 17.0. The van der Waals surface area contributed by atoms with Crippen molar-refractivity contribution in [2.75, 3.05) is 51.8 Å². The largest absolute Gasteiger partial charge is 0.497 e. The molecule has 1 amide bonds. The number of ether oxygens (including phenoxy) is 2. The van der Waals surface area contributed by atoms with Crippen LogP contribution in [-0.4, -0.2) is 74.2 Å². The van der Waals surface area contributed by atoms with Crippen molar-refractivity contribution in [2.45, 2.75) is 52.0 Å². The van der Waals surface area contributed by atoms with Gasteiger partial charge < -0.3 is 19.7 Å². The highest BCUT2D eigenvalue weighted by Crippen LogP contribution is 2.38. The molecule has 1 saturated heterocycles. The summed E-state index contributed by atoms with van der Waals surface area (Å²) in [6, 6.07) is 7.99. The fourth-order valence-corrected chi connectivity index (χ4v) is 6.19. The summed E-state index contributed by atoms with van der Waals surface area (Å²) in [6.07, 6.45) is 5.05. The first-order valence-electron chi connectivity index (χ1n) is 12.7. The molecule has 35 heavy (non-hydrogen) atoms. The van der Waals surface area contributed by atoms with Gasteiger partial charge in [0.15, 0.2) is 0 Å². The van der Waals surface area contributed by atoms with Gasteiger partial charge in [-0.2, -0.15) is 0 Å². The molecule has 2 aromatic rings. The van der Waals surface area contributed by atoms with E-state index >= 15 is 0 Å². The average molecular weight is 500 g/mol. The number of amides is 1. The lowest BCUT2D eigenvalue weighted by molar-refractivity contribution is -0.121. The molecule has 0 bridgehead atoms. The normalized spacial score (nSPS) is 17.5. The third-order valence-electron chi connectivity index (χ3n) is 7.10. The van der Waals surface area contributed by atoms with Gasteiger partial charge in [0.05, 0.1) is 25.3 Å². The number of hydrogen-bond acceptors (Lipinski definition) is 7. The SMILES string of the molecule is CCOC(=O)c1c(NC(=O)C(C)N2CCN(CCc3ccc(OC)cc3)CC2)sc2c1CCCC2. The number of nitrogens with one attached hydrogen (secondary N) is 1. The molecule has 8 heteroatoms. The van der Waals surface area contributed by atoms with Crippen LogP contribution >= 0.6 is 11.3 Å². The number of thiophene rings is 1. The number of rotatable bonds is 9. The minimum atomic E-state index is -0.319. The van der Waals surface area contributed by atoms with Crippen molar-refractivity contribution in [1.29, 1.82) is 0 Å². The van der Waals surface area contributed by atoms with Crippen LogP contribution in [0.1, 0.15) is 53.1 Å². The van der Waals surface area contributed by atoms with E-state index in [4.69, 9.17) is 9.47 Å². The molecule has 7 nitrogen and oxygen atoms in total. The summed E-state index contributed by atoms with van der Waals surface area (Å²) in [5.74, 6) is 0.507. The molecule has 1 aliphatic heterocycles. The van der Waals surface area contributed by atoms with Crippen LogP contribution in [0.5, 0.6) is 5.75 Å². The predicted octanol–water partition coefficient (Wildman–Crippen LogP) is 4.00. The summed E-state index contributed by atoms with van der Waals surface area (Å²) >= 11 is 1.55. The Labute approximate surface area is 212 Å². The van der Waals surface area contributed by atoms with E-state index in [0.717, 1.165) is 76.1 Å². The Morgan fingerprint density at radius 2 is 1.80 bits per heavy atom. The summed E-state index contributed by atoms with van der Waals surface area (Å²) in [4.78, 5) is 31.8. The molecule has 190 valence electrons. The molecule has 0 spiro atoms. The number of fused-ring (bicyclic) bond motifs is 1. The Morgan fingerprint density at radius 3 is 2.49 bits per heavy atom. The van der Waals surface area contributed by atoms with E-state index in [9.17, 15) is 9.59 Å². The zero-order valence-corrected chi connectivity index (χ0v) is 21.9. The Hall–Kier alpha value is -2.42. The van der Waals surface area contributed by atoms with Gasteiger partial charge in [-0.15, -0.1) is 11.3 Å². The van der Waals surface area contributed by atoms with Crippen LogP contribution in [0.4, 0.5) is 5.00 Å². The molecule has 1 aliphatic carbocycles. The molecular formula is C27H37N3O4S. The topological polar surface area (TPSA) is 71.1 Å². The van der Waals surface area contributed by atoms with E-state index in [1.54, 1.807) is 18.4 Å². The van der Waals surface area contributed by atoms with Gasteiger partial charge in [0.1, 0.15) is 10.8 Å². The van der Waals surface area contributed by atoms with Gasteiger partial charge in [0.2, 0.25) is 5.91 Å². The van der Waals surface area contributed by atoms with Crippen LogP contribution in [0.2, 0.25) is 0 Å². The number of piperazine rings is 1. The summed E-state index contributed by atoms with van der Waals surface area (Å²) < 4.78 is 10.6. The first kappa shape index (κ1) is 25.7. The van der Waals surface area contributed by atoms with Crippen molar-refractivity contribution < 1.29 is 19.1 Å². The van der Waals surface area contributed by atoms with E-state index < -0.39 is 0 Å². The number of esters is 1. The molecule has 1 unspecified atom stereocenters. The highest BCUT2D eigenvalue weighted by atomic mass is 32.1. The summed E-state index contributed by atoms with van der Waals surface area (Å²) in [5, 5.41) is 3.74. The Balaban J connectivity index is 1.31. The molecule has 1 aromatic heterocycles. The molecule has 1 fully saturated rings. The van der Waals surface area contributed by atoms with Gasteiger partial charge in [0, 0.05) is 37.6 Å². The lowest BCUT2D eigenvalue weighted by Gasteiger charge is -2.37. The van der Waals surface area contributed by atoms with Crippen LogP contribution in [0.15, 0.2) is 24.3 Å². The maximum Gasteiger partial charge on any atom is 0.341 e. The predicted molar refractivity (Wildman–Crippen MR) is 140 cm³/mol. The van der Waals surface area contributed by atoms with E-state index in [0.29, 0.717) is 17.2 Å². The van der Waals surface area contributed by atoms with Crippen molar-refractivity contribution in [3.05, 3.63) is 45.8 Å². The molecule has 2 heterocycles.